The number of piperidine rings is 2. The second kappa shape index (κ2) is 7.13. The Hall–Kier alpha value is -1.56. The average molecular weight is 340 g/mol. The van der Waals surface area contributed by atoms with Crippen molar-refractivity contribution in [2.45, 2.75) is 50.7 Å². The first kappa shape index (κ1) is 17.3. The first-order chi connectivity index (χ1) is 11.4. The van der Waals surface area contributed by atoms with Crippen molar-refractivity contribution in [3.63, 3.8) is 0 Å². The summed E-state index contributed by atoms with van der Waals surface area (Å²) in [5.74, 6) is 0.122. The highest BCUT2D eigenvalue weighted by Crippen LogP contribution is 2.33. The molecule has 0 saturated carbocycles. The minimum atomic E-state index is -4.40. The van der Waals surface area contributed by atoms with Crippen molar-refractivity contribution in [1.29, 1.82) is 0 Å². The summed E-state index contributed by atoms with van der Waals surface area (Å²) >= 11 is 0. The average Bonchev–Trinajstić information content (AvgIpc) is 2.54. The van der Waals surface area contributed by atoms with Gasteiger partial charge in [0.15, 0.2) is 0 Å². The smallest absolute Gasteiger partial charge is 0.326 e. The van der Waals surface area contributed by atoms with Crippen molar-refractivity contribution >= 4 is 11.6 Å². The first-order valence-corrected chi connectivity index (χ1v) is 8.64. The molecule has 2 heterocycles. The van der Waals surface area contributed by atoms with Gasteiger partial charge in [0.2, 0.25) is 5.91 Å². The van der Waals surface area contributed by atoms with Gasteiger partial charge < -0.3 is 10.2 Å². The fourth-order valence-electron chi connectivity index (χ4n) is 4.04. The molecule has 0 bridgehead atoms. The fourth-order valence-corrected chi connectivity index (χ4v) is 4.04. The summed E-state index contributed by atoms with van der Waals surface area (Å²) in [5, 5.41) is 2.64. The van der Waals surface area contributed by atoms with Crippen LogP contribution >= 0.6 is 0 Å². The van der Waals surface area contributed by atoms with Crippen molar-refractivity contribution < 1.29 is 18.0 Å². The van der Waals surface area contributed by atoms with Crippen LogP contribution in [0.3, 0.4) is 0 Å². The van der Waals surface area contributed by atoms with E-state index >= 15 is 0 Å². The Morgan fingerprint density at radius 3 is 2.75 bits per heavy atom. The molecule has 2 atom stereocenters. The molecule has 2 aliphatic rings. The molecule has 1 amide bonds. The van der Waals surface area contributed by atoms with Gasteiger partial charge in [0, 0.05) is 18.2 Å². The van der Waals surface area contributed by atoms with Crippen LogP contribution in [0.15, 0.2) is 24.3 Å². The van der Waals surface area contributed by atoms with Crippen molar-refractivity contribution in [1.82, 2.24) is 4.90 Å². The molecule has 24 heavy (non-hydrogen) atoms. The third-order valence-electron chi connectivity index (χ3n) is 5.15. The number of alkyl halides is 3. The van der Waals surface area contributed by atoms with Gasteiger partial charge in [-0.25, -0.2) is 0 Å². The molecule has 3 rings (SSSR count). The van der Waals surface area contributed by atoms with Gasteiger partial charge in [-0.2, -0.15) is 13.2 Å². The van der Waals surface area contributed by atoms with E-state index in [0.29, 0.717) is 18.4 Å². The number of carbonyl (C=O) groups is 1. The first-order valence-electron chi connectivity index (χ1n) is 8.64. The zero-order valence-electron chi connectivity index (χ0n) is 13.6. The number of hydrogen-bond donors (Lipinski definition) is 1. The number of benzene rings is 1. The van der Waals surface area contributed by atoms with E-state index in [9.17, 15) is 18.0 Å². The van der Waals surface area contributed by atoms with E-state index in [1.165, 1.54) is 25.0 Å². The highest BCUT2D eigenvalue weighted by molar-refractivity contribution is 5.91. The van der Waals surface area contributed by atoms with Crippen molar-refractivity contribution in [2.24, 2.45) is 5.92 Å². The molecule has 1 aromatic carbocycles. The Labute approximate surface area is 140 Å². The highest BCUT2D eigenvalue weighted by atomic mass is 19.4. The Morgan fingerprint density at radius 2 is 1.96 bits per heavy atom. The highest BCUT2D eigenvalue weighted by Gasteiger charge is 2.34. The van der Waals surface area contributed by atoms with E-state index < -0.39 is 11.7 Å². The van der Waals surface area contributed by atoms with E-state index in [0.717, 1.165) is 44.5 Å². The van der Waals surface area contributed by atoms with Gasteiger partial charge in [-0.05, 0) is 62.9 Å². The van der Waals surface area contributed by atoms with E-state index in [-0.39, 0.29) is 11.6 Å². The minimum absolute atomic E-state index is 0.188. The molecule has 0 radical (unpaired) electrons. The standard InChI is InChI=1S/C18H23F3N2O/c19-18(20,21)14-6-3-7-15(12-14)22-17(24)11-13-5-4-10-23-9-2-1-8-16(13)23/h3,6-7,12-13,16H,1-2,4-5,8-11H2,(H,22,24)/t13-,16-/m1/s1. The Balaban J connectivity index is 1.61. The number of nitrogens with one attached hydrogen (secondary N) is 1. The fraction of sp³-hybridized carbons (Fsp3) is 0.611. The maximum absolute atomic E-state index is 12.7. The van der Waals surface area contributed by atoms with Crippen LogP contribution in [0.25, 0.3) is 0 Å². The molecule has 0 aliphatic carbocycles. The lowest BCUT2D eigenvalue weighted by atomic mass is 9.81. The molecule has 1 aromatic rings. The number of amides is 1. The molecule has 0 unspecified atom stereocenters. The molecule has 3 nitrogen and oxygen atoms in total. The van der Waals surface area contributed by atoms with Gasteiger partial charge in [-0.15, -0.1) is 0 Å². The molecule has 132 valence electrons. The lowest BCUT2D eigenvalue weighted by Gasteiger charge is -2.44. The van der Waals surface area contributed by atoms with Gasteiger partial charge in [0.1, 0.15) is 0 Å². The van der Waals surface area contributed by atoms with Gasteiger partial charge in [0.05, 0.1) is 5.56 Å². The summed E-state index contributed by atoms with van der Waals surface area (Å²) in [6.07, 6.45) is 1.66. The summed E-state index contributed by atoms with van der Waals surface area (Å²) < 4.78 is 38.2. The molecular formula is C18H23F3N2O. The van der Waals surface area contributed by atoms with Crippen LogP contribution in [0.1, 0.15) is 44.1 Å². The van der Waals surface area contributed by atoms with Crippen LogP contribution in [-0.4, -0.2) is 29.9 Å². The van der Waals surface area contributed by atoms with E-state index in [1.54, 1.807) is 0 Å². The Kier molecular flexibility index (Phi) is 5.13. The zero-order valence-corrected chi connectivity index (χ0v) is 13.6. The summed E-state index contributed by atoms with van der Waals surface area (Å²) in [6, 6.07) is 5.28. The van der Waals surface area contributed by atoms with Crippen LogP contribution < -0.4 is 5.32 Å². The number of anilines is 1. The van der Waals surface area contributed by atoms with Crippen LogP contribution in [0.2, 0.25) is 0 Å². The summed E-state index contributed by atoms with van der Waals surface area (Å²) in [6.45, 7) is 2.22. The van der Waals surface area contributed by atoms with E-state index in [1.807, 2.05) is 0 Å². The molecule has 1 N–H and O–H groups in total. The molecule has 2 fully saturated rings. The van der Waals surface area contributed by atoms with Crippen molar-refractivity contribution in [3.8, 4) is 0 Å². The number of carbonyl (C=O) groups excluding carboxylic acids is 1. The largest absolute Gasteiger partial charge is 0.416 e. The lowest BCUT2D eigenvalue weighted by Crippen LogP contribution is -2.48. The minimum Gasteiger partial charge on any atom is -0.326 e. The summed E-state index contributed by atoms with van der Waals surface area (Å²) in [4.78, 5) is 14.8. The predicted molar refractivity (Wildman–Crippen MR) is 86.6 cm³/mol. The molecule has 0 spiro atoms. The Morgan fingerprint density at radius 1 is 1.17 bits per heavy atom. The monoisotopic (exact) mass is 340 g/mol. The van der Waals surface area contributed by atoms with Crippen LogP contribution in [0.5, 0.6) is 0 Å². The second-order valence-electron chi connectivity index (χ2n) is 6.83. The summed E-state index contributed by atoms with van der Waals surface area (Å²) in [5.41, 5.74) is -0.525. The number of halogens is 3. The molecule has 6 heteroatoms. The number of rotatable bonds is 3. The normalized spacial score (nSPS) is 25.1. The predicted octanol–water partition coefficient (Wildman–Crippen LogP) is 4.30. The SMILES string of the molecule is O=C(C[C@H]1CCCN2CCCC[C@H]12)Nc1cccc(C(F)(F)F)c1. The van der Waals surface area contributed by atoms with Gasteiger partial charge in [0.25, 0.3) is 0 Å². The third kappa shape index (κ3) is 4.09. The second-order valence-corrected chi connectivity index (χ2v) is 6.83. The van der Waals surface area contributed by atoms with Crippen LogP contribution in [0, 0.1) is 5.92 Å². The Bertz CT molecular complexity index is 586. The molecule has 0 aromatic heterocycles. The maximum Gasteiger partial charge on any atom is 0.416 e. The quantitative estimate of drug-likeness (QED) is 0.890. The third-order valence-corrected chi connectivity index (χ3v) is 5.15. The van der Waals surface area contributed by atoms with Crippen LogP contribution in [-0.2, 0) is 11.0 Å². The number of nitrogens with zero attached hydrogens (tertiary/aromatic N) is 1. The van der Waals surface area contributed by atoms with Gasteiger partial charge in [-0.3, -0.25) is 4.79 Å². The van der Waals surface area contributed by atoms with Crippen molar-refractivity contribution in [3.05, 3.63) is 29.8 Å². The van der Waals surface area contributed by atoms with E-state index in [4.69, 9.17) is 0 Å². The zero-order chi connectivity index (χ0) is 17.2. The van der Waals surface area contributed by atoms with Gasteiger partial charge >= 0.3 is 6.18 Å². The maximum atomic E-state index is 12.7. The lowest BCUT2D eigenvalue weighted by molar-refractivity contribution is -0.137. The van der Waals surface area contributed by atoms with Gasteiger partial charge in [-0.1, -0.05) is 12.5 Å². The van der Waals surface area contributed by atoms with Crippen molar-refractivity contribution in [2.75, 3.05) is 18.4 Å². The number of hydrogen-bond acceptors (Lipinski definition) is 2. The summed E-state index contributed by atoms with van der Waals surface area (Å²) in [7, 11) is 0. The molecular weight excluding hydrogens is 317 g/mol. The molecule has 2 saturated heterocycles. The van der Waals surface area contributed by atoms with Crippen LogP contribution in [0.4, 0.5) is 18.9 Å². The van der Waals surface area contributed by atoms with E-state index in [2.05, 4.69) is 10.2 Å². The number of fused-ring (bicyclic) bond motifs is 1. The topological polar surface area (TPSA) is 32.3 Å². The molecule has 2 aliphatic heterocycles.